The van der Waals surface area contributed by atoms with Gasteiger partial charge in [0.15, 0.2) is 17.6 Å². The first-order valence-electron chi connectivity index (χ1n) is 11.9. The molecule has 0 amide bonds. The van der Waals surface area contributed by atoms with Crippen LogP contribution in [-0.4, -0.2) is 62.4 Å². The van der Waals surface area contributed by atoms with Crippen LogP contribution in [-0.2, 0) is 20.7 Å². The van der Waals surface area contributed by atoms with Crippen molar-refractivity contribution in [3.63, 3.8) is 0 Å². The minimum absolute atomic E-state index is 0.190. The molecule has 8 nitrogen and oxygen atoms in total. The Morgan fingerprint density at radius 1 is 1.06 bits per heavy atom. The maximum Gasteiger partial charge on any atom is 0.380 e. The molecule has 3 atom stereocenters. The van der Waals surface area contributed by atoms with Crippen LogP contribution in [0.5, 0.6) is 17.2 Å². The molecule has 182 valence electrons. The predicted molar refractivity (Wildman–Crippen MR) is 125 cm³/mol. The van der Waals surface area contributed by atoms with Gasteiger partial charge in [0.05, 0.1) is 25.7 Å². The summed E-state index contributed by atoms with van der Waals surface area (Å²) in [5.41, 5.74) is 2.05. The highest BCUT2D eigenvalue weighted by Gasteiger charge is 2.58. The van der Waals surface area contributed by atoms with E-state index in [9.17, 15) is 9.59 Å². The van der Waals surface area contributed by atoms with Gasteiger partial charge in [-0.2, -0.15) is 0 Å². The van der Waals surface area contributed by atoms with E-state index in [0.717, 1.165) is 49.2 Å². The third-order valence-electron chi connectivity index (χ3n) is 7.72. The molecule has 0 bridgehead atoms. The van der Waals surface area contributed by atoms with Crippen molar-refractivity contribution in [2.75, 3.05) is 34.1 Å². The summed E-state index contributed by atoms with van der Waals surface area (Å²) in [4.78, 5) is 28.6. The highest BCUT2D eigenvalue weighted by atomic mass is 16.7. The van der Waals surface area contributed by atoms with Crippen molar-refractivity contribution < 1.29 is 33.3 Å². The van der Waals surface area contributed by atoms with Crippen LogP contribution in [0.25, 0.3) is 0 Å². The van der Waals surface area contributed by atoms with E-state index in [0.29, 0.717) is 17.3 Å². The predicted octanol–water partition coefficient (Wildman–Crippen LogP) is 3.24. The van der Waals surface area contributed by atoms with Gasteiger partial charge >= 0.3 is 5.97 Å². The quantitative estimate of drug-likeness (QED) is 0.369. The summed E-state index contributed by atoms with van der Waals surface area (Å²) in [5, 5.41) is 0. The standard InChI is InChI=1S/C27H27NO7/c1-31-18-6-3-5-17(11-18)24(29)26(30)35-25-22(32-2)14-27-8-4-9-28(27)10-7-16-12-20-21(34-15-33-20)13-19(16)23(25)27/h3,5-6,11-14,23,25H,4,7-10,15H2,1-2H3/t23-,25-,27+/m1/s1. The minimum Gasteiger partial charge on any atom is -0.497 e. The van der Waals surface area contributed by atoms with Crippen LogP contribution in [0.2, 0.25) is 0 Å². The fourth-order valence-electron chi connectivity index (χ4n) is 6.15. The van der Waals surface area contributed by atoms with Gasteiger partial charge in [-0.3, -0.25) is 9.69 Å². The highest BCUT2D eigenvalue weighted by molar-refractivity contribution is 6.40. The van der Waals surface area contributed by atoms with Crippen molar-refractivity contribution in [1.82, 2.24) is 4.90 Å². The van der Waals surface area contributed by atoms with Crippen LogP contribution in [0.4, 0.5) is 0 Å². The van der Waals surface area contributed by atoms with Gasteiger partial charge < -0.3 is 23.7 Å². The largest absolute Gasteiger partial charge is 0.497 e. The van der Waals surface area contributed by atoms with Crippen LogP contribution in [0, 0.1) is 0 Å². The third kappa shape index (κ3) is 3.38. The number of fused-ring (bicyclic) bond motifs is 3. The Morgan fingerprint density at radius 2 is 1.89 bits per heavy atom. The maximum atomic E-state index is 13.2. The molecule has 2 aromatic rings. The Morgan fingerprint density at radius 3 is 2.69 bits per heavy atom. The maximum absolute atomic E-state index is 13.2. The molecule has 0 N–H and O–H groups in total. The summed E-state index contributed by atoms with van der Waals surface area (Å²) >= 11 is 0. The average Bonchev–Trinajstić information content (AvgIpc) is 3.57. The zero-order valence-corrected chi connectivity index (χ0v) is 19.7. The van der Waals surface area contributed by atoms with E-state index in [1.165, 1.54) is 13.2 Å². The number of nitrogens with zero attached hydrogens (tertiary/aromatic N) is 1. The second-order valence-electron chi connectivity index (χ2n) is 9.35. The fourth-order valence-corrected chi connectivity index (χ4v) is 6.15. The molecule has 0 saturated carbocycles. The number of benzene rings is 2. The number of esters is 1. The fraction of sp³-hybridized carbons (Fsp3) is 0.407. The van der Waals surface area contributed by atoms with Crippen molar-refractivity contribution >= 4 is 11.8 Å². The second kappa shape index (κ2) is 8.30. The Kier molecular flexibility index (Phi) is 5.21. The number of hydrogen-bond acceptors (Lipinski definition) is 8. The summed E-state index contributed by atoms with van der Waals surface area (Å²) in [6, 6.07) is 10.6. The van der Waals surface area contributed by atoms with E-state index in [1.807, 2.05) is 12.1 Å². The summed E-state index contributed by atoms with van der Waals surface area (Å²) in [6.45, 7) is 2.02. The third-order valence-corrected chi connectivity index (χ3v) is 7.72. The lowest BCUT2D eigenvalue weighted by molar-refractivity contribution is -0.144. The number of carbonyl (C=O) groups is 2. The summed E-state index contributed by atoms with van der Waals surface area (Å²) in [6.07, 6.45) is 4.17. The molecule has 0 radical (unpaired) electrons. The monoisotopic (exact) mass is 477 g/mol. The Balaban J connectivity index is 1.39. The molecule has 0 aromatic heterocycles. The molecule has 1 spiro atoms. The van der Waals surface area contributed by atoms with Crippen molar-refractivity contribution in [3.8, 4) is 17.2 Å². The minimum atomic E-state index is -0.917. The van der Waals surface area contributed by atoms with Gasteiger partial charge in [-0.05, 0) is 67.3 Å². The van der Waals surface area contributed by atoms with E-state index in [1.54, 1.807) is 25.3 Å². The SMILES string of the molecule is COC1=C[C@]23CCCN2CCc2cc4c(cc2[C@@H]3[C@@H]1OC(=O)C(=O)c1cccc(OC)c1)OCO4. The molecule has 3 aliphatic heterocycles. The van der Waals surface area contributed by atoms with Gasteiger partial charge in [0.2, 0.25) is 6.79 Å². The lowest BCUT2D eigenvalue weighted by Gasteiger charge is -2.39. The molecule has 1 aliphatic carbocycles. The lowest BCUT2D eigenvalue weighted by Crippen LogP contribution is -2.47. The molecule has 2 aromatic carbocycles. The normalized spacial score (nSPS) is 26.2. The molecular weight excluding hydrogens is 450 g/mol. The van der Waals surface area contributed by atoms with Crippen LogP contribution in [0.15, 0.2) is 48.2 Å². The zero-order chi connectivity index (χ0) is 24.2. The molecule has 4 aliphatic rings. The Hall–Kier alpha value is -3.52. The van der Waals surface area contributed by atoms with Crippen LogP contribution < -0.4 is 14.2 Å². The van der Waals surface area contributed by atoms with Gasteiger partial charge in [-0.15, -0.1) is 0 Å². The first-order valence-corrected chi connectivity index (χ1v) is 11.9. The van der Waals surface area contributed by atoms with E-state index < -0.39 is 17.9 Å². The van der Waals surface area contributed by atoms with Gasteiger partial charge in [-0.1, -0.05) is 12.1 Å². The average molecular weight is 478 g/mol. The molecule has 6 rings (SSSR count). The van der Waals surface area contributed by atoms with Crippen LogP contribution >= 0.6 is 0 Å². The van der Waals surface area contributed by atoms with Gasteiger partial charge in [0.1, 0.15) is 11.5 Å². The van der Waals surface area contributed by atoms with E-state index >= 15 is 0 Å². The van der Waals surface area contributed by atoms with E-state index in [2.05, 4.69) is 11.0 Å². The van der Waals surface area contributed by atoms with Crippen molar-refractivity contribution in [2.45, 2.75) is 36.8 Å². The molecule has 0 unspecified atom stereocenters. The number of ketones is 1. The Bertz CT molecular complexity index is 1240. The second-order valence-corrected chi connectivity index (χ2v) is 9.35. The number of carbonyl (C=O) groups excluding carboxylic acids is 2. The molecule has 1 fully saturated rings. The van der Waals surface area contributed by atoms with Gasteiger partial charge in [0.25, 0.3) is 5.78 Å². The number of hydrogen-bond donors (Lipinski definition) is 0. The molecule has 8 heteroatoms. The summed E-state index contributed by atoms with van der Waals surface area (Å²) < 4.78 is 28.3. The summed E-state index contributed by atoms with van der Waals surface area (Å²) in [5.74, 6) is 0.625. The smallest absolute Gasteiger partial charge is 0.380 e. The van der Waals surface area contributed by atoms with E-state index in [-0.39, 0.29) is 23.8 Å². The van der Waals surface area contributed by atoms with Crippen LogP contribution in [0.3, 0.4) is 0 Å². The molecule has 1 saturated heterocycles. The van der Waals surface area contributed by atoms with Crippen molar-refractivity contribution in [3.05, 3.63) is 64.9 Å². The number of ether oxygens (including phenoxy) is 5. The van der Waals surface area contributed by atoms with Gasteiger partial charge in [0, 0.05) is 12.1 Å². The molecule has 3 heterocycles. The molecule has 35 heavy (non-hydrogen) atoms. The first-order chi connectivity index (χ1) is 17.0. The summed E-state index contributed by atoms with van der Waals surface area (Å²) in [7, 11) is 3.09. The molecular formula is C27H27NO7. The number of rotatable bonds is 5. The first kappa shape index (κ1) is 22.0. The number of Topliss-reactive ketones (excluding diaryl/α,β-unsaturated/α-hetero) is 1. The van der Waals surface area contributed by atoms with Crippen LogP contribution in [0.1, 0.15) is 40.2 Å². The van der Waals surface area contributed by atoms with Crippen molar-refractivity contribution in [2.24, 2.45) is 0 Å². The van der Waals surface area contributed by atoms with Crippen molar-refractivity contribution in [1.29, 1.82) is 0 Å². The topological polar surface area (TPSA) is 83.5 Å². The van der Waals surface area contributed by atoms with E-state index in [4.69, 9.17) is 23.7 Å². The lowest BCUT2D eigenvalue weighted by atomic mass is 9.77. The Labute approximate surface area is 203 Å². The zero-order valence-electron chi connectivity index (χ0n) is 19.7. The number of methoxy groups -OCH3 is 2. The highest BCUT2D eigenvalue weighted by Crippen LogP contribution is 2.55. The van der Waals surface area contributed by atoms with Gasteiger partial charge in [-0.25, -0.2) is 4.79 Å².